The quantitative estimate of drug-likeness (QED) is 0.602. The van der Waals surface area contributed by atoms with E-state index in [0.29, 0.717) is 0 Å². The van der Waals surface area contributed by atoms with E-state index in [1.165, 1.54) is 5.32 Å². The number of alkyl halides is 3. The molecular weight excluding hydrogens is 281 g/mol. The van der Waals surface area contributed by atoms with Crippen LogP contribution in [0.25, 0.3) is 0 Å². The first-order valence-electron chi connectivity index (χ1n) is 5.87. The predicted molar refractivity (Wildman–Crippen MR) is 62.7 cm³/mol. The highest BCUT2D eigenvalue weighted by atomic mass is 19.4. The van der Waals surface area contributed by atoms with E-state index in [-0.39, 0.29) is 12.3 Å². The molecule has 9 heteroatoms. The summed E-state index contributed by atoms with van der Waals surface area (Å²) in [5.41, 5.74) is 0. The SMILES string of the molecule is CC(C)C[C@H](NC(=O)CC(=O)NCC(F)(F)F)C(=O)O. The molecule has 0 aromatic carbocycles. The maximum Gasteiger partial charge on any atom is 0.405 e. The van der Waals surface area contributed by atoms with Crippen molar-refractivity contribution in [2.75, 3.05) is 6.54 Å². The standard InChI is InChI=1S/C11H17F3N2O4/c1-6(2)3-7(10(19)20)16-9(18)4-8(17)15-5-11(12,13)14/h6-7H,3-5H2,1-2H3,(H,15,17)(H,16,18)(H,19,20)/t7-/m0/s1. The Morgan fingerprint density at radius 3 is 2.10 bits per heavy atom. The molecule has 0 bridgehead atoms. The minimum Gasteiger partial charge on any atom is -0.480 e. The third kappa shape index (κ3) is 9.17. The van der Waals surface area contributed by atoms with Gasteiger partial charge in [-0.05, 0) is 12.3 Å². The molecular formula is C11H17F3N2O4. The fourth-order valence-electron chi connectivity index (χ4n) is 1.35. The van der Waals surface area contributed by atoms with E-state index < -0.39 is 43.0 Å². The highest BCUT2D eigenvalue weighted by Crippen LogP contribution is 2.12. The number of aliphatic carboxylic acids is 1. The summed E-state index contributed by atoms with van der Waals surface area (Å²) in [5, 5.41) is 12.5. The Morgan fingerprint density at radius 2 is 1.70 bits per heavy atom. The maximum absolute atomic E-state index is 11.8. The second kappa shape index (κ2) is 7.71. The number of carbonyl (C=O) groups is 3. The number of carboxylic acids is 1. The van der Waals surface area contributed by atoms with Gasteiger partial charge in [0.15, 0.2) is 0 Å². The lowest BCUT2D eigenvalue weighted by Gasteiger charge is -2.16. The van der Waals surface area contributed by atoms with E-state index in [1.54, 1.807) is 13.8 Å². The third-order valence-corrected chi connectivity index (χ3v) is 2.15. The molecule has 6 nitrogen and oxygen atoms in total. The van der Waals surface area contributed by atoms with Crippen molar-refractivity contribution in [3.05, 3.63) is 0 Å². The van der Waals surface area contributed by atoms with Crippen LogP contribution in [0.3, 0.4) is 0 Å². The Kier molecular flexibility index (Phi) is 7.01. The second-order valence-corrected chi connectivity index (χ2v) is 4.66. The van der Waals surface area contributed by atoms with Gasteiger partial charge in [-0.25, -0.2) is 4.79 Å². The molecule has 116 valence electrons. The van der Waals surface area contributed by atoms with Crippen LogP contribution >= 0.6 is 0 Å². The summed E-state index contributed by atoms with van der Waals surface area (Å²) in [5.74, 6) is -3.32. The highest BCUT2D eigenvalue weighted by Gasteiger charge is 2.28. The molecule has 0 spiro atoms. The first kappa shape index (κ1) is 18.2. The number of carbonyl (C=O) groups excluding carboxylic acids is 2. The Morgan fingerprint density at radius 1 is 1.15 bits per heavy atom. The molecule has 0 saturated heterocycles. The van der Waals surface area contributed by atoms with Crippen LogP contribution in [-0.2, 0) is 14.4 Å². The lowest BCUT2D eigenvalue weighted by atomic mass is 10.0. The van der Waals surface area contributed by atoms with Gasteiger partial charge in [0.25, 0.3) is 0 Å². The van der Waals surface area contributed by atoms with Crippen molar-refractivity contribution in [1.82, 2.24) is 10.6 Å². The van der Waals surface area contributed by atoms with Crippen LogP contribution in [0.5, 0.6) is 0 Å². The van der Waals surface area contributed by atoms with Gasteiger partial charge in [-0.15, -0.1) is 0 Å². The fourth-order valence-corrected chi connectivity index (χ4v) is 1.35. The number of amides is 2. The number of rotatable bonds is 7. The van der Waals surface area contributed by atoms with E-state index in [4.69, 9.17) is 5.11 Å². The summed E-state index contributed by atoms with van der Waals surface area (Å²) in [4.78, 5) is 33.3. The summed E-state index contributed by atoms with van der Waals surface area (Å²) >= 11 is 0. The summed E-state index contributed by atoms with van der Waals surface area (Å²) in [6, 6.07) is -1.17. The number of hydrogen-bond acceptors (Lipinski definition) is 3. The molecule has 0 unspecified atom stereocenters. The molecule has 3 N–H and O–H groups in total. The van der Waals surface area contributed by atoms with Gasteiger partial charge in [0, 0.05) is 0 Å². The smallest absolute Gasteiger partial charge is 0.405 e. The van der Waals surface area contributed by atoms with Crippen LogP contribution in [0, 0.1) is 5.92 Å². The average Bonchev–Trinajstić information content (AvgIpc) is 2.23. The Bertz CT molecular complexity index is 369. The van der Waals surface area contributed by atoms with Crippen LogP contribution in [0.2, 0.25) is 0 Å². The van der Waals surface area contributed by atoms with Gasteiger partial charge < -0.3 is 15.7 Å². The normalized spacial score (nSPS) is 12.9. The second-order valence-electron chi connectivity index (χ2n) is 4.66. The molecule has 0 radical (unpaired) electrons. The molecule has 0 saturated carbocycles. The number of halogens is 3. The largest absolute Gasteiger partial charge is 0.480 e. The molecule has 0 aromatic heterocycles. The fraction of sp³-hybridized carbons (Fsp3) is 0.727. The van der Waals surface area contributed by atoms with Gasteiger partial charge in [-0.2, -0.15) is 13.2 Å². The Balaban J connectivity index is 4.25. The van der Waals surface area contributed by atoms with E-state index >= 15 is 0 Å². The molecule has 2 amide bonds. The summed E-state index contributed by atoms with van der Waals surface area (Å²) < 4.78 is 35.5. The van der Waals surface area contributed by atoms with Crippen LogP contribution in [0.1, 0.15) is 26.7 Å². The van der Waals surface area contributed by atoms with Gasteiger partial charge in [0.05, 0.1) is 0 Å². The van der Waals surface area contributed by atoms with Crippen LogP contribution in [0.4, 0.5) is 13.2 Å². The third-order valence-electron chi connectivity index (χ3n) is 2.15. The molecule has 0 aliphatic carbocycles. The lowest BCUT2D eigenvalue weighted by Crippen LogP contribution is -2.44. The highest BCUT2D eigenvalue weighted by molar-refractivity contribution is 5.98. The van der Waals surface area contributed by atoms with E-state index in [0.717, 1.165) is 0 Å². The van der Waals surface area contributed by atoms with Gasteiger partial charge in [0.1, 0.15) is 19.0 Å². The van der Waals surface area contributed by atoms with Crippen molar-refractivity contribution in [2.45, 2.75) is 38.9 Å². The topological polar surface area (TPSA) is 95.5 Å². The molecule has 0 fully saturated rings. The van der Waals surface area contributed by atoms with E-state index in [9.17, 15) is 27.6 Å². The van der Waals surface area contributed by atoms with Crippen LogP contribution < -0.4 is 10.6 Å². The number of carboxylic acid groups (broad SMARTS) is 1. The molecule has 0 heterocycles. The predicted octanol–water partition coefficient (Wildman–Crippen LogP) is 0.670. The van der Waals surface area contributed by atoms with Crippen molar-refractivity contribution < 1.29 is 32.7 Å². The Hall–Kier alpha value is -1.80. The van der Waals surface area contributed by atoms with Gasteiger partial charge in [-0.1, -0.05) is 13.8 Å². The molecule has 0 rings (SSSR count). The zero-order valence-electron chi connectivity index (χ0n) is 11.1. The summed E-state index contributed by atoms with van der Waals surface area (Å²) in [7, 11) is 0. The Labute approximate surface area is 113 Å². The molecule has 0 aromatic rings. The first-order chi connectivity index (χ1) is 9.01. The minimum atomic E-state index is -4.56. The monoisotopic (exact) mass is 298 g/mol. The van der Waals surface area contributed by atoms with Crippen molar-refractivity contribution in [2.24, 2.45) is 5.92 Å². The lowest BCUT2D eigenvalue weighted by molar-refractivity contribution is -0.144. The van der Waals surface area contributed by atoms with Gasteiger partial charge in [0.2, 0.25) is 11.8 Å². The molecule has 0 aliphatic rings. The van der Waals surface area contributed by atoms with Crippen molar-refractivity contribution in [3.8, 4) is 0 Å². The zero-order valence-corrected chi connectivity index (χ0v) is 11.1. The van der Waals surface area contributed by atoms with Crippen molar-refractivity contribution in [1.29, 1.82) is 0 Å². The first-order valence-corrected chi connectivity index (χ1v) is 5.87. The molecule has 0 aliphatic heterocycles. The van der Waals surface area contributed by atoms with Gasteiger partial charge in [-0.3, -0.25) is 9.59 Å². The number of nitrogens with one attached hydrogen (secondary N) is 2. The van der Waals surface area contributed by atoms with Crippen molar-refractivity contribution >= 4 is 17.8 Å². The van der Waals surface area contributed by atoms with Crippen LogP contribution in [0.15, 0.2) is 0 Å². The number of hydrogen-bond donors (Lipinski definition) is 3. The summed E-state index contributed by atoms with van der Waals surface area (Å²) in [6.45, 7) is 1.96. The minimum absolute atomic E-state index is 0.00421. The summed E-state index contributed by atoms with van der Waals surface area (Å²) in [6.07, 6.45) is -5.25. The maximum atomic E-state index is 11.8. The molecule has 1 atom stereocenters. The van der Waals surface area contributed by atoms with E-state index in [2.05, 4.69) is 5.32 Å². The van der Waals surface area contributed by atoms with Crippen molar-refractivity contribution in [3.63, 3.8) is 0 Å². The van der Waals surface area contributed by atoms with Gasteiger partial charge >= 0.3 is 12.1 Å². The molecule has 20 heavy (non-hydrogen) atoms. The zero-order chi connectivity index (χ0) is 15.9. The van der Waals surface area contributed by atoms with E-state index in [1.807, 2.05) is 0 Å². The van der Waals surface area contributed by atoms with Crippen LogP contribution in [-0.4, -0.2) is 41.7 Å². The average molecular weight is 298 g/mol.